The minimum atomic E-state index is 0.642. The SMILES string of the molecule is CC(C)Cc1ccc2c(c1-c1ccccc1)C=C(c1ccccc1)[CH]2. The fourth-order valence-electron chi connectivity index (χ4n) is 3.68. The van der Waals surface area contributed by atoms with Crippen LogP contribution in [0.15, 0.2) is 72.8 Å². The van der Waals surface area contributed by atoms with E-state index in [4.69, 9.17) is 0 Å². The Hall–Kier alpha value is -2.60. The molecule has 3 aromatic rings. The summed E-state index contributed by atoms with van der Waals surface area (Å²) in [4.78, 5) is 0. The van der Waals surface area contributed by atoms with Crippen LogP contribution in [0.2, 0.25) is 0 Å². The van der Waals surface area contributed by atoms with Gasteiger partial charge in [-0.05, 0) is 57.4 Å². The molecule has 25 heavy (non-hydrogen) atoms. The predicted molar refractivity (Wildman–Crippen MR) is 108 cm³/mol. The molecule has 0 bridgehead atoms. The second-order valence-electron chi connectivity index (χ2n) is 7.18. The summed E-state index contributed by atoms with van der Waals surface area (Å²) < 4.78 is 0. The molecule has 0 aromatic heterocycles. The molecule has 0 heterocycles. The smallest absolute Gasteiger partial charge is 0.0211 e. The topological polar surface area (TPSA) is 0 Å². The van der Waals surface area contributed by atoms with Crippen molar-refractivity contribution < 1.29 is 0 Å². The molecule has 1 radical (unpaired) electrons. The predicted octanol–water partition coefficient (Wildman–Crippen LogP) is 6.66. The molecule has 0 heteroatoms. The molecule has 123 valence electrons. The Kier molecular flexibility index (Phi) is 4.28. The monoisotopic (exact) mass is 323 g/mol. The largest absolute Gasteiger partial charge is 0.0625 e. The van der Waals surface area contributed by atoms with Crippen molar-refractivity contribution in [2.24, 2.45) is 5.92 Å². The standard InChI is InChI=1S/C25H23/c1-18(2)15-22-14-13-21-16-23(19-9-5-3-6-10-19)17-24(21)25(22)20-11-7-4-8-12-20/h3-14,16-18H,15H2,1-2H3. The van der Waals surface area contributed by atoms with Gasteiger partial charge < -0.3 is 0 Å². The van der Waals surface area contributed by atoms with E-state index in [9.17, 15) is 0 Å². The van der Waals surface area contributed by atoms with Crippen LogP contribution in [0.25, 0.3) is 22.8 Å². The van der Waals surface area contributed by atoms with Gasteiger partial charge in [-0.2, -0.15) is 0 Å². The maximum atomic E-state index is 2.36. The first-order chi connectivity index (χ1) is 12.2. The van der Waals surface area contributed by atoms with Crippen molar-refractivity contribution >= 4 is 11.6 Å². The normalized spacial score (nSPS) is 13.0. The lowest BCUT2D eigenvalue weighted by atomic mass is 9.88. The molecule has 0 N–H and O–H groups in total. The van der Waals surface area contributed by atoms with Gasteiger partial charge in [-0.15, -0.1) is 0 Å². The molecule has 1 aliphatic carbocycles. The van der Waals surface area contributed by atoms with Gasteiger partial charge >= 0.3 is 0 Å². The Morgan fingerprint density at radius 3 is 2.00 bits per heavy atom. The average Bonchev–Trinajstić information content (AvgIpc) is 3.07. The molecule has 0 saturated carbocycles. The Morgan fingerprint density at radius 2 is 1.36 bits per heavy atom. The van der Waals surface area contributed by atoms with Crippen LogP contribution in [0, 0.1) is 12.3 Å². The van der Waals surface area contributed by atoms with E-state index in [0.29, 0.717) is 5.92 Å². The van der Waals surface area contributed by atoms with E-state index in [0.717, 1.165) is 6.42 Å². The van der Waals surface area contributed by atoms with E-state index in [1.807, 2.05) is 0 Å². The highest BCUT2D eigenvalue weighted by Gasteiger charge is 2.21. The highest BCUT2D eigenvalue weighted by molar-refractivity contribution is 5.99. The summed E-state index contributed by atoms with van der Waals surface area (Å²) in [5.74, 6) is 0.642. The highest BCUT2D eigenvalue weighted by Crippen LogP contribution is 2.41. The third-order valence-corrected chi connectivity index (χ3v) is 4.77. The first-order valence-corrected chi connectivity index (χ1v) is 9.05. The Labute approximate surface area is 150 Å². The van der Waals surface area contributed by atoms with Gasteiger partial charge in [0.25, 0.3) is 0 Å². The number of allylic oxidation sites excluding steroid dienone is 1. The molecule has 0 amide bonds. The van der Waals surface area contributed by atoms with Gasteiger partial charge in [0.15, 0.2) is 0 Å². The molecule has 0 fully saturated rings. The zero-order valence-corrected chi connectivity index (χ0v) is 14.9. The molecule has 0 spiro atoms. The summed E-state index contributed by atoms with van der Waals surface area (Å²) in [5.41, 5.74) is 9.42. The first kappa shape index (κ1) is 15.9. The zero-order chi connectivity index (χ0) is 17.2. The van der Waals surface area contributed by atoms with Gasteiger partial charge in [0.2, 0.25) is 0 Å². The van der Waals surface area contributed by atoms with E-state index in [1.54, 1.807) is 0 Å². The van der Waals surface area contributed by atoms with Crippen LogP contribution >= 0.6 is 0 Å². The number of fused-ring (bicyclic) bond motifs is 1. The van der Waals surface area contributed by atoms with Crippen molar-refractivity contribution in [2.45, 2.75) is 20.3 Å². The Balaban J connectivity index is 1.87. The summed E-state index contributed by atoms with van der Waals surface area (Å²) in [6.07, 6.45) is 5.78. The zero-order valence-electron chi connectivity index (χ0n) is 14.9. The van der Waals surface area contributed by atoms with Crippen LogP contribution in [0.3, 0.4) is 0 Å². The summed E-state index contributed by atoms with van der Waals surface area (Å²) in [6, 6.07) is 26.1. The fraction of sp³-hybridized carbons (Fsp3) is 0.160. The van der Waals surface area contributed by atoms with E-state index in [2.05, 4.69) is 99.1 Å². The van der Waals surface area contributed by atoms with Crippen LogP contribution in [0.5, 0.6) is 0 Å². The lowest BCUT2D eigenvalue weighted by Crippen LogP contribution is -1.99. The van der Waals surface area contributed by atoms with Gasteiger partial charge in [-0.3, -0.25) is 0 Å². The molecule has 0 atom stereocenters. The van der Waals surface area contributed by atoms with Crippen molar-refractivity contribution in [2.75, 3.05) is 0 Å². The minimum Gasteiger partial charge on any atom is -0.0625 e. The van der Waals surface area contributed by atoms with Crippen LogP contribution in [0.1, 0.15) is 36.1 Å². The number of hydrogen-bond donors (Lipinski definition) is 0. The molecular formula is C25H23. The van der Waals surface area contributed by atoms with E-state index in [-0.39, 0.29) is 0 Å². The third-order valence-electron chi connectivity index (χ3n) is 4.77. The van der Waals surface area contributed by atoms with Crippen molar-refractivity contribution in [3.05, 3.63) is 101 Å². The van der Waals surface area contributed by atoms with Crippen molar-refractivity contribution in [1.82, 2.24) is 0 Å². The molecular weight excluding hydrogens is 300 g/mol. The average molecular weight is 323 g/mol. The van der Waals surface area contributed by atoms with Gasteiger partial charge in [0, 0.05) is 6.42 Å². The van der Waals surface area contributed by atoms with E-state index < -0.39 is 0 Å². The second-order valence-corrected chi connectivity index (χ2v) is 7.18. The first-order valence-electron chi connectivity index (χ1n) is 9.05. The lowest BCUT2D eigenvalue weighted by molar-refractivity contribution is 0.648. The number of benzene rings is 3. The highest BCUT2D eigenvalue weighted by atomic mass is 14.2. The summed E-state index contributed by atoms with van der Waals surface area (Å²) in [5, 5.41) is 0. The Morgan fingerprint density at radius 1 is 0.720 bits per heavy atom. The van der Waals surface area contributed by atoms with Gasteiger partial charge in [-0.1, -0.05) is 86.6 Å². The van der Waals surface area contributed by atoms with Crippen molar-refractivity contribution in [3.8, 4) is 11.1 Å². The maximum Gasteiger partial charge on any atom is 0.0211 e. The lowest BCUT2D eigenvalue weighted by Gasteiger charge is -2.16. The Bertz CT molecular complexity index is 900. The molecule has 4 rings (SSSR count). The fourth-order valence-corrected chi connectivity index (χ4v) is 3.68. The molecule has 0 unspecified atom stereocenters. The molecule has 0 aliphatic heterocycles. The van der Waals surface area contributed by atoms with Crippen LogP contribution in [-0.2, 0) is 6.42 Å². The summed E-state index contributed by atoms with van der Waals surface area (Å²) in [6.45, 7) is 4.58. The number of rotatable bonds is 4. The van der Waals surface area contributed by atoms with Crippen molar-refractivity contribution in [3.63, 3.8) is 0 Å². The third kappa shape index (κ3) is 3.17. The number of hydrogen-bond acceptors (Lipinski definition) is 0. The minimum absolute atomic E-state index is 0.642. The van der Waals surface area contributed by atoms with Crippen LogP contribution in [0.4, 0.5) is 0 Å². The molecule has 1 aliphatic rings. The second kappa shape index (κ2) is 6.72. The summed E-state index contributed by atoms with van der Waals surface area (Å²) in [7, 11) is 0. The molecule has 0 nitrogen and oxygen atoms in total. The molecule has 3 aromatic carbocycles. The van der Waals surface area contributed by atoms with Crippen molar-refractivity contribution in [1.29, 1.82) is 0 Å². The van der Waals surface area contributed by atoms with Gasteiger partial charge in [0.1, 0.15) is 0 Å². The van der Waals surface area contributed by atoms with E-state index in [1.165, 1.54) is 39.0 Å². The van der Waals surface area contributed by atoms with E-state index >= 15 is 0 Å². The van der Waals surface area contributed by atoms with Gasteiger partial charge in [0.05, 0.1) is 0 Å². The van der Waals surface area contributed by atoms with Gasteiger partial charge in [-0.25, -0.2) is 0 Å². The maximum absolute atomic E-state index is 2.36. The van der Waals surface area contributed by atoms with Crippen LogP contribution < -0.4 is 0 Å². The molecule has 0 saturated heterocycles. The quantitative estimate of drug-likeness (QED) is 0.503. The van der Waals surface area contributed by atoms with Crippen LogP contribution in [-0.4, -0.2) is 0 Å². The summed E-state index contributed by atoms with van der Waals surface area (Å²) >= 11 is 0.